The molecule has 0 unspecified atom stereocenters. The zero-order chi connectivity index (χ0) is 37.1. The van der Waals surface area contributed by atoms with E-state index >= 15 is 0 Å². The maximum Gasteiger partial charge on any atom is 0.190 e. The van der Waals surface area contributed by atoms with Gasteiger partial charge in [-0.25, -0.2) is 0 Å². The van der Waals surface area contributed by atoms with E-state index in [1.54, 1.807) is 0 Å². The van der Waals surface area contributed by atoms with Crippen molar-refractivity contribution >= 4 is 68.4 Å². The Morgan fingerprint density at radius 3 is 1.75 bits per heavy atom. The molecule has 9 aromatic carbocycles. The lowest BCUT2D eigenvalue weighted by Crippen LogP contribution is -2.77. The standard InChI is InChI=1S/C52H35NOSSi/c1-2-14-36(15-3-1)37-28-31-41(32-29-37)53(44-21-13-17-38-16-4-5-20-43(38)44)42-19-12-18-39(34-42)40-30-33-52-48(35-40)55-47-24-8-11-27-51(47)56(52)49-25-9-6-22-45(49)54-46-23-7-10-26-50(46)56/h1-35H. The fourth-order valence-corrected chi connectivity index (χ4v) is 16.1. The third-order valence-electron chi connectivity index (χ3n) is 11.4. The number of hydrogen-bond acceptors (Lipinski definition) is 3. The minimum Gasteiger partial charge on any atom is -0.458 e. The first kappa shape index (κ1) is 32.8. The first-order valence-electron chi connectivity index (χ1n) is 19.1. The average Bonchev–Trinajstić information content (AvgIpc) is 3.27. The number of anilines is 3. The number of hydrogen-bond donors (Lipinski definition) is 0. The lowest BCUT2D eigenvalue weighted by atomic mass is 10.0. The number of nitrogens with zero attached hydrogens (tertiary/aromatic N) is 1. The Morgan fingerprint density at radius 2 is 0.946 bits per heavy atom. The van der Waals surface area contributed by atoms with Crippen LogP contribution in [0.2, 0.25) is 0 Å². The van der Waals surface area contributed by atoms with E-state index in [1.165, 1.54) is 63.6 Å². The molecule has 11 rings (SSSR count). The van der Waals surface area contributed by atoms with Gasteiger partial charge in [-0.1, -0.05) is 169 Å². The summed E-state index contributed by atoms with van der Waals surface area (Å²) in [5.74, 6) is 1.93. The van der Waals surface area contributed by atoms with Gasteiger partial charge in [-0.15, -0.1) is 0 Å². The molecule has 2 aliphatic rings. The minimum atomic E-state index is -2.70. The lowest BCUT2D eigenvalue weighted by molar-refractivity contribution is 0.487. The summed E-state index contributed by atoms with van der Waals surface area (Å²) >= 11 is 1.90. The Morgan fingerprint density at radius 1 is 0.375 bits per heavy atom. The van der Waals surface area contributed by atoms with Gasteiger partial charge in [0.05, 0.1) is 5.69 Å². The SMILES string of the molecule is c1ccc(-c2ccc(N(c3cccc(-c4ccc5c(c4)Sc4ccccc4[Si]54c5ccccc5Oc5ccccc54)c3)c3cccc4ccccc34)cc2)cc1. The predicted molar refractivity (Wildman–Crippen MR) is 237 cm³/mol. The predicted octanol–water partition coefficient (Wildman–Crippen LogP) is 11.6. The molecule has 56 heavy (non-hydrogen) atoms. The monoisotopic (exact) mass is 749 g/mol. The summed E-state index contributed by atoms with van der Waals surface area (Å²) in [7, 11) is -2.70. The normalized spacial score (nSPS) is 13.2. The van der Waals surface area contributed by atoms with Crippen molar-refractivity contribution in [3.63, 3.8) is 0 Å². The Balaban J connectivity index is 1.07. The zero-order valence-electron chi connectivity index (χ0n) is 30.5. The molecule has 0 bridgehead atoms. The third kappa shape index (κ3) is 5.18. The van der Waals surface area contributed by atoms with Crippen LogP contribution in [0.1, 0.15) is 0 Å². The van der Waals surface area contributed by atoms with Crippen molar-refractivity contribution < 1.29 is 4.74 Å². The van der Waals surface area contributed by atoms with E-state index in [-0.39, 0.29) is 0 Å². The second-order valence-electron chi connectivity index (χ2n) is 14.5. The van der Waals surface area contributed by atoms with Crippen molar-refractivity contribution in [1.82, 2.24) is 0 Å². The van der Waals surface area contributed by atoms with Gasteiger partial charge in [0.2, 0.25) is 0 Å². The van der Waals surface area contributed by atoms with E-state index < -0.39 is 8.07 Å². The van der Waals surface area contributed by atoms with Crippen LogP contribution in [-0.4, -0.2) is 8.07 Å². The van der Waals surface area contributed by atoms with Gasteiger partial charge in [0.25, 0.3) is 0 Å². The van der Waals surface area contributed by atoms with Gasteiger partial charge in [-0.3, -0.25) is 0 Å². The summed E-state index contributed by atoms with van der Waals surface area (Å²) in [5, 5.41) is 7.90. The summed E-state index contributed by atoms with van der Waals surface area (Å²) < 4.78 is 6.62. The molecule has 0 saturated heterocycles. The summed E-state index contributed by atoms with van der Waals surface area (Å²) in [4.78, 5) is 5.04. The highest BCUT2D eigenvalue weighted by molar-refractivity contribution is 8.00. The van der Waals surface area contributed by atoms with Crippen LogP contribution in [-0.2, 0) is 0 Å². The Bertz CT molecular complexity index is 2870. The van der Waals surface area contributed by atoms with Crippen LogP contribution in [0.3, 0.4) is 0 Å². The first-order valence-corrected chi connectivity index (χ1v) is 21.9. The van der Waals surface area contributed by atoms with Crippen molar-refractivity contribution in [3.05, 3.63) is 212 Å². The van der Waals surface area contributed by atoms with E-state index in [4.69, 9.17) is 4.74 Å². The van der Waals surface area contributed by atoms with Crippen molar-refractivity contribution in [2.75, 3.05) is 4.90 Å². The molecule has 2 nitrogen and oxygen atoms in total. The van der Waals surface area contributed by atoms with Gasteiger partial charge >= 0.3 is 0 Å². The Kier molecular flexibility index (Phi) is 7.80. The van der Waals surface area contributed by atoms with E-state index in [0.717, 1.165) is 28.6 Å². The van der Waals surface area contributed by atoms with Crippen molar-refractivity contribution in [1.29, 1.82) is 0 Å². The van der Waals surface area contributed by atoms with Gasteiger partial charge in [0.1, 0.15) is 11.5 Å². The molecule has 0 amide bonds. The molecule has 0 N–H and O–H groups in total. The molecule has 0 saturated carbocycles. The maximum atomic E-state index is 6.62. The number of rotatable bonds is 5. The molecule has 0 radical (unpaired) electrons. The van der Waals surface area contributed by atoms with Crippen LogP contribution >= 0.6 is 11.8 Å². The molecule has 4 heteroatoms. The second-order valence-corrected chi connectivity index (χ2v) is 19.2. The van der Waals surface area contributed by atoms with Crippen LogP contribution in [0.4, 0.5) is 17.1 Å². The van der Waals surface area contributed by atoms with E-state index in [1.807, 2.05) is 11.8 Å². The molecule has 264 valence electrons. The van der Waals surface area contributed by atoms with Crippen LogP contribution in [0, 0.1) is 0 Å². The van der Waals surface area contributed by atoms with Gasteiger partial charge in [-0.2, -0.15) is 0 Å². The van der Waals surface area contributed by atoms with E-state index in [2.05, 4.69) is 217 Å². The summed E-state index contributed by atoms with van der Waals surface area (Å²) in [6, 6.07) is 77.5. The third-order valence-corrected chi connectivity index (χ3v) is 17.8. The minimum absolute atomic E-state index is 0.965. The summed E-state index contributed by atoms with van der Waals surface area (Å²) in [5.41, 5.74) is 8.16. The number of ether oxygens (including phenoxy) is 1. The molecular weight excluding hydrogens is 715 g/mol. The largest absolute Gasteiger partial charge is 0.458 e. The quantitative estimate of drug-likeness (QED) is 0.163. The molecule has 2 heterocycles. The lowest BCUT2D eigenvalue weighted by Gasteiger charge is -2.43. The van der Waals surface area contributed by atoms with Crippen molar-refractivity contribution in [3.8, 4) is 33.8 Å². The molecule has 0 aromatic heterocycles. The smallest absolute Gasteiger partial charge is 0.190 e. The molecule has 0 atom stereocenters. The van der Waals surface area contributed by atoms with Crippen LogP contribution in [0.5, 0.6) is 11.5 Å². The van der Waals surface area contributed by atoms with E-state index in [9.17, 15) is 0 Å². The number of fused-ring (bicyclic) bond motifs is 9. The van der Waals surface area contributed by atoms with Crippen molar-refractivity contribution in [2.24, 2.45) is 0 Å². The average molecular weight is 750 g/mol. The highest BCUT2D eigenvalue weighted by Gasteiger charge is 2.51. The van der Waals surface area contributed by atoms with E-state index in [0.29, 0.717) is 0 Å². The van der Waals surface area contributed by atoms with Crippen LogP contribution in [0.15, 0.2) is 222 Å². The highest BCUT2D eigenvalue weighted by Crippen LogP contribution is 2.43. The first-order chi connectivity index (χ1) is 27.8. The highest BCUT2D eigenvalue weighted by atomic mass is 32.2. The Hall–Kier alpha value is -6.59. The van der Waals surface area contributed by atoms with Gasteiger partial charge in [0, 0.05) is 26.6 Å². The molecule has 0 aliphatic carbocycles. The molecule has 9 aromatic rings. The maximum absolute atomic E-state index is 6.62. The van der Waals surface area contributed by atoms with Gasteiger partial charge in [0.15, 0.2) is 8.07 Å². The zero-order valence-corrected chi connectivity index (χ0v) is 32.3. The summed E-state index contributed by atoms with van der Waals surface area (Å²) in [6.45, 7) is 0. The van der Waals surface area contributed by atoms with Gasteiger partial charge in [-0.05, 0) is 103 Å². The number of para-hydroxylation sites is 2. The van der Waals surface area contributed by atoms with Crippen molar-refractivity contribution in [2.45, 2.75) is 9.79 Å². The van der Waals surface area contributed by atoms with Crippen LogP contribution < -0.4 is 30.4 Å². The molecule has 1 spiro atoms. The fourth-order valence-electron chi connectivity index (χ4n) is 8.89. The van der Waals surface area contributed by atoms with Gasteiger partial charge < -0.3 is 9.64 Å². The molecule has 2 aliphatic heterocycles. The molecule has 0 fully saturated rings. The fraction of sp³-hybridized carbons (Fsp3) is 0. The topological polar surface area (TPSA) is 12.5 Å². The van der Waals surface area contributed by atoms with Crippen LogP contribution in [0.25, 0.3) is 33.0 Å². The second kappa shape index (κ2) is 13.3. The number of benzene rings is 9. The molecular formula is C52H35NOSSi. The Labute approximate surface area is 332 Å². The summed E-state index contributed by atoms with van der Waals surface area (Å²) in [6.07, 6.45) is 0.